The Morgan fingerprint density at radius 3 is 2.62 bits per heavy atom. The van der Waals surface area contributed by atoms with Gasteiger partial charge >= 0.3 is 0 Å². The number of rotatable bonds is 3. The molecular weight excluding hydrogens is 200 g/mol. The zero-order valence-electron chi connectivity index (χ0n) is 10.5. The second-order valence-electron chi connectivity index (χ2n) is 4.65. The highest BCUT2D eigenvalue weighted by molar-refractivity contribution is 5.36. The van der Waals surface area contributed by atoms with Gasteiger partial charge in [0, 0.05) is 37.9 Å². The molecule has 0 amide bonds. The zero-order chi connectivity index (χ0) is 11.5. The van der Waals surface area contributed by atoms with Gasteiger partial charge in [-0.05, 0) is 26.3 Å². The first kappa shape index (κ1) is 11.5. The Hall–Kier alpha value is -1.03. The van der Waals surface area contributed by atoms with Crippen molar-refractivity contribution >= 4 is 5.82 Å². The standard InChI is InChI=1S/C12H22N4/c1-4-16-7-5-11(6-8-16)13-12-9-10(2)15(3)14-12/h9,11H,4-8H2,1-3H3,(H,13,14). The molecule has 0 bridgehead atoms. The molecule has 1 N–H and O–H groups in total. The number of aromatic nitrogens is 2. The van der Waals surface area contributed by atoms with Crippen LogP contribution in [0.2, 0.25) is 0 Å². The summed E-state index contributed by atoms with van der Waals surface area (Å²) >= 11 is 0. The van der Waals surface area contributed by atoms with Gasteiger partial charge in [-0.2, -0.15) is 5.10 Å². The summed E-state index contributed by atoms with van der Waals surface area (Å²) in [7, 11) is 1.99. The van der Waals surface area contributed by atoms with Gasteiger partial charge in [0.2, 0.25) is 0 Å². The third kappa shape index (κ3) is 2.55. The molecule has 1 saturated heterocycles. The molecule has 1 aliphatic heterocycles. The van der Waals surface area contributed by atoms with Crippen LogP contribution in [0.4, 0.5) is 5.82 Å². The molecule has 4 nitrogen and oxygen atoms in total. The Kier molecular flexibility index (Phi) is 3.49. The van der Waals surface area contributed by atoms with E-state index in [1.807, 2.05) is 11.7 Å². The molecule has 1 aromatic rings. The molecule has 2 heterocycles. The van der Waals surface area contributed by atoms with E-state index < -0.39 is 0 Å². The van der Waals surface area contributed by atoms with E-state index in [1.165, 1.54) is 38.2 Å². The largest absolute Gasteiger partial charge is 0.366 e. The van der Waals surface area contributed by atoms with Crippen LogP contribution in [0.1, 0.15) is 25.5 Å². The summed E-state index contributed by atoms with van der Waals surface area (Å²) in [6.07, 6.45) is 2.45. The van der Waals surface area contributed by atoms with Crippen LogP contribution in [0.25, 0.3) is 0 Å². The van der Waals surface area contributed by atoms with E-state index in [1.54, 1.807) is 0 Å². The van der Waals surface area contributed by atoms with Gasteiger partial charge in [-0.15, -0.1) is 0 Å². The highest BCUT2D eigenvalue weighted by atomic mass is 15.3. The topological polar surface area (TPSA) is 33.1 Å². The molecule has 0 unspecified atom stereocenters. The van der Waals surface area contributed by atoms with E-state index in [4.69, 9.17) is 0 Å². The van der Waals surface area contributed by atoms with Gasteiger partial charge < -0.3 is 10.2 Å². The molecule has 2 rings (SSSR count). The monoisotopic (exact) mass is 222 g/mol. The van der Waals surface area contributed by atoms with Crippen molar-refractivity contribution in [2.75, 3.05) is 25.0 Å². The summed E-state index contributed by atoms with van der Waals surface area (Å²) in [6.45, 7) is 7.91. The maximum atomic E-state index is 4.44. The first-order valence-corrected chi connectivity index (χ1v) is 6.18. The van der Waals surface area contributed by atoms with E-state index in [2.05, 4.69) is 35.2 Å². The number of likely N-dealkylation sites (tertiary alicyclic amines) is 1. The second kappa shape index (κ2) is 4.87. The Morgan fingerprint density at radius 2 is 2.12 bits per heavy atom. The summed E-state index contributed by atoms with van der Waals surface area (Å²) in [5.74, 6) is 1.02. The Morgan fingerprint density at radius 1 is 1.44 bits per heavy atom. The normalized spacial score (nSPS) is 18.9. The van der Waals surface area contributed by atoms with Gasteiger partial charge in [0.05, 0.1) is 0 Å². The van der Waals surface area contributed by atoms with Gasteiger partial charge in [-0.3, -0.25) is 4.68 Å². The average molecular weight is 222 g/mol. The quantitative estimate of drug-likeness (QED) is 0.843. The van der Waals surface area contributed by atoms with Crippen LogP contribution in [0.3, 0.4) is 0 Å². The fourth-order valence-electron chi connectivity index (χ4n) is 2.23. The molecule has 1 fully saturated rings. The van der Waals surface area contributed by atoms with E-state index in [9.17, 15) is 0 Å². The predicted octanol–water partition coefficient (Wildman–Crippen LogP) is 1.62. The number of hydrogen-bond donors (Lipinski definition) is 1. The minimum absolute atomic E-state index is 0.595. The first-order chi connectivity index (χ1) is 7.69. The van der Waals surface area contributed by atoms with Crippen LogP contribution in [0, 0.1) is 6.92 Å². The maximum Gasteiger partial charge on any atom is 0.148 e. The number of piperidine rings is 1. The van der Waals surface area contributed by atoms with Gasteiger partial charge in [0.1, 0.15) is 5.82 Å². The highest BCUT2D eigenvalue weighted by Crippen LogP contribution is 2.15. The SMILES string of the molecule is CCN1CCC(Nc2cc(C)n(C)n2)CC1. The van der Waals surface area contributed by atoms with E-state index >= 15 is 0 Å². The summed E-state index contributed by atoms with van der Waals surface area (Å²) in [6, 6.07) is 2.71. The highest BCUT2D eigenvalue weighted by Gasteiger charge is 2.18. The number of nitrogens with zero attached hydrogens (tertiary/aromatic N) is 3. The van der Waals surface area contributed by atoms with Gasteiger partial charge in [-0.1, -0.05) is 6.92 Å². The van der Waals surface area contributed by atoms with Gasteiger partial charge in [-0.25, -0.2) is 0 Å². The van der Waals surface area contributed by atoms with Crippen LogP contribution in [-0.2, 0) is 7.05 Å². The van der Waals surface area contributed by atoms with Crippen molar-refractivity contribution in [3.05, 3.63) is 11.8 Å². The molecular formula is C12H22N4. The molecule has 4 heteroatoms. The minimum atomic E-state index is 0.595. The summed E-state index contributed by atoms with van der Waals surface area (Å²) in [4.78, 5) is 2.50. The molecule has 0 atom stereocenters. The molecule has 16 heavy (non-hydrogen) atoms. The molecule has 0 aliphatic carbocycles. The summed E-state index contributed by atoms with van der Waals surface area (Å²) < 4.78 is 1.92. The lowest BCUT2D eigenvalue weighted by Gasteiger charge is -2.31. The van der Waals surface area contributed by atoms with Crippen molar-refractivity contribution in [1.82, 2.24) is 14.7 Å². The molecule has 0 radical (unpaired) electrons. The molecule has 0 spiro atoms. The average Bonchev–Trinajstić information content (AvgIpc) is 2.59. The Balaban J connectivity index is 1.87. The molecule has 0 aromatic carbocycles. The van der Waals surface area contributed by atoms with Crippen molar-refractivity contribution in [3.63, 3.8) is 0 Å². The summed E-state index contributed by atoms with van der Waals surface area (Å²) in [5.41, 5.74) is 1.20. The zero-order valence-corrected chi connectivity index (χ0v) is 10.5. The maximum absolute atomic E-state index is 4.44. The second-order valence-corrected chi connectivity index (χ2v) is 4.65. The number of nitrogens with one attached hydrogen (secondary N) is 1. The van der Waals surface area contributed by atoms with Crippen LogP contribution >= 0.6 is 0 Å². The molecule has 90 valence electrons. The van der Waals surface area contributed by atoms with Crippen molar-refractivity contribution in [2.24, 2.45) is 7.05 Å². The fourth-order valence-corrected chi connectivity index (χ4v) is 2.23. The lowest BCUT2D eigenvalue weighted by molar-refractivity contribution is 0.229. The Bertz CT molecular complexity index is 317. The van der Waals surface area contributed by atoms with Crippen molar-refractivity contribution in [1.29, 1.82) is 0 Å². The third-order valence-corrected chi connectivity index (χ3v) is 3.50. The molecule has 1 aromatic heterocycles. The number of anilines is 1. The number of hydrogen-bond acceptors (Lipinski definition) is 3. The van der Waals surface area contributed by atoms with Crippen molar-refractivity contribution < 1.29 is 0 Å². The Labute approximate surface area is 97.6 Å². The first-order valence-electron chi connectivity index (χ1n) is 6.18. The van der Waals surface area contributed by atoms with Gasteiger partial charge in [0.25, 0.3) is 0 Å². The minimum Gasteiger partial charge on any atom is -0.366 e. The predicted molar refractivity (Wildman–Crippen MR) is 66.7 cm³/mol. The van der Waals surface area contributed by atoms with E-state index in [-0.39, 0.29) is 0 Å². The van der Waals surface area contributed by atoms with Crippen LogP contribution < -0.4 is 5.32 Å². The molecule has 1 aliphatic rings. The fraction of sp³-hybridized carbons (Fsp3) is 0.750. The van der Waals surface area contributed by atoms with E-state index in [0.717, 1.165) is 5.82 Å². The van der Waals surface area contributed by atoms with Crippen LogP contribution in [-0.4, -0.2) is 40.4 Å². The molecule has 0 saturated carbocycles. The third-order valence-electron chi connectivity index (χ3n) is 3.50. The van der Waals surface area contributed by atoms with Crippen molar-refractivity contribution in [2.45, 2.75) is 32.7 Å². The number of aryl methyl sites for hydroxylation is 2. The van der Waals surface area contributed by atoms with Gasteiger partial charge in [0.15, 0.2) is 0 Å². The lowest BCUT2D eigenvalue weighted by atomic mass is 10.1. The lowest BCUT2D eigenvalue weighted by Crippen LogP contribution is -2.38. The van der Waals surface area contributed by atoms with E-state index in [0.29, 0.717) is 6.04 Å². The van der Waals surface area contributed by atoms with Crippen LogP contribution in [0.5, 0.6) is 0 Å². The summed E-state index contributed by atoms with van der Waals surface area (Å²) in [5, 5.41) is 7.96. The van der Waals surface area contributed by atoms with Crippen molar-refractivity contribution in [3.8, 4) is 0 Å². The smallest absolute Gasteiger partial charge is 0.148 e. The van der Waals surface area contributed by atoms with Crippen LogP contribution in [0.15, 0.2) is 6.07 Å².